The topological polar surface area (TPSA) is 38.3 Å². The van der Waals surface area contributed by atoms with Crippen molar-refractivity contribution in [3.8, 4) is 5.75 Å². The lowest BCUT2D eigenvalue weighted by molar-refractivity contribution is -0.113. The van der Waals surface area contributed by atoms with E-state index in [1.165, 1.54) is 16.7 Å². The lowest BCUT2D eigenvalue weighted by Gasteiger charge is -2.08. The summed E-state index contributed by atoms with van der Waals surface area (Å²) in [5.41, 5.74) is 4.51. The molecule has 0 fully saturated rings. The second-order valence-electron chi connectivity index (χ2n) is 5.66. The first kappa shape index (κ1) is 18.1. The van der Waals surface area contributed by atoms with Gasteiger partial charge in [-0.15, -0.1) is 11.8 Å². The Labute approximate surface area is 148 Å². The van der Waals surface area contributed by atoms with Crippen LogP contribution in [-0.2, 0) is 10.5 Å². The van der Waals surface area contributed by atoms with E-state index in [0.717, 1.165) is 17.2 Å². The van der Waals surface area contributed by atoms with Crippen LogP contribution in [0.2, 0.25) is 0 Å². The molecule has 0 bridgehead atoms. The summed E-state index contributed by atoms with van der Waals surface area (Å²) in [5.74, 6) is 1.96. The minimum Gasteiger partial charge on any atom is -0.489 e. The van der Waals surface area contributed by atoms with Crippen LogP contribution in [0.15, 0.2) is 55.1 Å². The van der Waals surface area contributed by atoms with E-state index in [-0.39, 0.29) is 5.91 Å². The van der Waals surface area contributed by atoms with Crippen molar-refractivity contribution < 1.29 is 9.53 Å². The molecule has 126 valence electrons. The standard InChI is InChI=1S/C20H23NO2S/c1-4-8-23-19-7-5-6-18(12-19)21-20(22)14-24-13-17-10-15(2)9-16(3)11-17/h4-7,9-12H,1,8,13-14H2,2-3H3,(H,21,22). The molecule has 2 rings (SSSR count). The molecule has 1 amide bonds. The number of anilines is 1. The molecule has 0 heterocycles. The first-order valence-electron chi connectivity index (χ1n) is 7.85. The van der Waals surface area contributed by atoms with Crippen LogP contribution in [0.5, 0.6) is 5.75 Å². The van der Waals surface area contributed by atoms with Gasteiger partial charge in [0.05, 0.1) is 5.75 Å². The maximum Gasteiger partial charge on any atom is 0.234 e. The molecule has 0 saturated heterocycles. The summed E-state index contributed by atoms with van der Waals surface area (Å²) in [6.07, 6.45) is 1.69. The van der Waals surface area contributed by atoms with Gasteiger partial charge in [0.15, 0.2) is 0 Å². The molecular formula is C20H23NO2S. The highest BCUT2D eigenvalue weighted by Crippen LogP contribution is 2.19. The van der Waals surface area contributed by atoms with Crippen molar-refractivity contribution in [1.82, 2.24) is 0 Å². The van der Waals surface area contributed by atoms with Gasteiger partial charge in [0.2, 0.25) is 5.91 Å². The van der Waals surface area contributed by atoms with E-state index in [1.807, 2.05) is 24.3 Å². The molecular weight excluding hydrogens is 318 g/mol. The van der Waals surface area contributed by atoms with Gasteiger partial charge >= 0.3 is 0 Å². The molecule has 24 heavy (non-hydrogen) atoms. The number of carbonyl (C=O) groups is 1. The number of hydrogen-bond donors (Lipinski definition) is 1. The van der Waals surface area contributed by atoms with Crippen molar-refractivity contribution in [3.05, 3.63) is 71.8 Å². The first-order valence-corrected chi connectivity index (χ1v) is 9.01. The van der Waals surface area contributed by atoms with E-state index < -0.39 is 0 Å². The van der Waals surface area contributed by atoms with E-state index >= 15 is 0 Å². The number of ether oxygens (including phenoxy) is 1. The first-order chi connectivity index (χ1) is 11.6. The van der Waals surface area contributed by atoms with Crippen molar-refractivity contribution in [2.75, 3.05) is 17.7 Å². The summed E-state index contributed by atoms with van der Waals surface area (Å²) in [6.45, 7) is 8.25. The largest absolute Gasteiger partial charge is 0.489 e. The Kier molecular flexibility index (Phi) is 6.94. The molecule has 0 unspecified atom stereocenters. The van der Waals surface area contributed by atoms with Gasteiger partial charge in [-0.2, -0.15) is 0 Å². The Morgan fingerprint density at radius 2 is 1.96 bits per heavy atom. The zero-order valence-corrected chi connectivity index (χ0v) is 15.0. The smallest absolute Gasteiger partial charge is 0.234 e. The summed E-state index contributed by atoms with van der Waals surface area (Å²) in [4.78, 5) is 12.1. The average molecular weight is 341 g/mol. The fourth-order valence-electron chi connectivity index (χ4n) is 2.43. The average Bonchev–Trinajstić information content (AvgIpc) is 2.52. The zero-order valence-electron chi connectivity index (χ0n) is 14.2. The Morgan fingerprint density at radius 3 is 2.67 bits per heavy atom. The van der Waals surface area contributed by atoms with E-state index in [0.29, 0.717) is 12.4 Å². The van der Waals surface area contributed by atoms with E-state index in [2.05, 4.69) is 43.9 Å². The molecule has 0 aliphatic carbocycles. The second-order valence-corrected chi connectivity index (χ2v) is 6.65. The van der Waals surface area contributed by atoms with Crippen LogP contribution >= 0.6 is 11.8 Å². The van der Waals surface area contributed by atoms with Crippen molar-refractivity contribution in [3.63, 3.8) is 0 Å². The second kappa shape index (κ2) is 9.18. The Balaban J connectivity index is 1.81. The molecule has 4 heteroatoms. The summed E-state index contributed by atoms with van der Waals surface area (Å²) in [7, 11) is 0. The summed E-state index contributed by atoms with van der Waals surface area (Å²) in [6, 6.07) is 13.9. The summed E-state index contributed by atoms with van der Waals surface area (Å²) in [5, 5.41) is 2.90. The van der Waals surface area contributed by atoms with Crippen molar-refractivity contribution >= 4 is 23.4 Å². The molecule has 0 aliphatic heterocycles. The number of carbonyl (C=O) groups excluding carboxylic acids is 1. The van der Waals surface area contributed by atoms with E-state index in [4.69, 9.17) is 4.74 Å². The van der Waals surface area contributed by atoms with Crippen molar-refractivity contribution in [2.24, 2.45) is 0 Å². The van der Waals surface area contributed by atoms with Crippen LogP contribution in [0.3, 0.4) is 0 Å². The highest BCUT2D eigenvalue weighted by molar-refractivity contribution is 7.99. The SMILES string of the molecule is C=CCOc1cccc(NC(=O)CSCc2cc(C)cc(C)c2)c1. The van der Waals surface area contributed by atoms with Gasteiger partial charge in [-0.1, -0.05) is 48.0 Å². The number of rotatable bonds is 8. The molecule has 0 aliphatic rings. The quantitative estimate of drug-likeness (QED) is 0.705. The number of hydrogen-bond acceptors (Lipinski definition) is 3. The fourth-order valence-corrected chi connectivity index (χ4v) is 3.19. The zero-order chi connectivity index (χ0) is 17.4. The van der Waals surface area contributed by atoms with Crippen LogP contribution in [0, 0.1) is 13.8 Å². The third-order valence-electron chi connectivity index (χ3n) is 3.27. The third kappa shape index (κ3) is 6.13. The molecule has 0 saturated carbocycles. The minimum atomic E-state index is -0.00903. The van der Waals surface area contributed by atoms with Gasteiger partial charge in [0.1, 0.15) is 12.4 Å². The number of thioether (sulfide) groups is 1. The van der Waals surface area contributed by atoms with Gasteiger partial charge in [-0.25, -0.2) is 0 Å². The van der Waals surface area contributed by atoms with Crippen LogP contribution < -0.4 is 10.1 Å². The third-order valence-corrected chi connectivity index (χ3v) is 4.27. The molecule has 0 atom stereocenters. The van der Waals surface area contributed by atoms with E-state index in [1.54, 1.807) is 17.8 Å². The Hall–Kier alpha value is -2.20. The predicted molar refractivity (Wildman–Crippen MR) is 103 cm³/mol. The van der Waals surface area contributed by atoms with Crippen LogP contribution in [0.25, 0.3) is 0 Å². The number of amides is 1. The maximum absolute atomic E-state index is 12.1. The van der Waals surface area contributed by atoms with Crippen LogP contribution in [0.4, 0.5) is 5.69 Å². The van der Waals surface area contributed by atoms with Crippen LogP contribution in [-0.4, -0.2) is 18.3 Å². The Morgan fingerprint density at radius 1 is 1.21 bits per heavy atom. The minimum absolute atomic E-state index is 0.00903. The lowest BCUT2D eigenvalue weighted by Crippen LogP contribution is -2.14. The van der Waals surface area contributed by atoms with Gasteiger partial charge in [-0.05, 0) is 31.5 Å². The number of benzene rings is 2. The summed E-state index contributed by atoms with van der Waals surface area (Å²) < 4.78 is 5.46. The molecule has 0 aromatic heterocycles. The van der Waals surface area contributed by atoms with Gasteiger partial charge in [0.25, 0.3) is 0 Å². The lowest BCUT2D eigenvalue weighted by atomic mass is 10.1. The van der Waals surface area contributed by atoms with Crippen molar-refractivity contribution in [2.45, 2.75) is 19.6 Å². The molecule has 1 N–H and O–H groups in total. The molecule has 0 spiro atoms. The molecule has 0 radical (unpaired) electrons. The van der Waals surface area contributed by atoms with E-state index in [9.17, 15) is 4.79 Å². The molecule has 3 nitrogen and oxygen atoms in total. The highest BCUT2D eigenvalue weighted by Gasteiger charge is 2.05. The predicted octanol–water partition coefficient (Wildman–Crippen LogP) is 4.74. The number of aryl methyl sites for hydroxylation is 2. The van der Waals surface area contributed by atoms with Gasteiger partial charge < -0.3 is 10.1 Å². The molecule has 2 aromatic rings. The maximum atomic E-state index is 12.1. The fraction of sp³-hybridized carbons (Fsp3) is 0.250. The van der Waals surface area contributed by atoms with Gasteiger partial charge in [0, 0.05) is 17.5 Å². The van der Waals surface area contributed by atoms with Gasteiger partial charge in [-0.3, -0.25) is 4.79 Å². The summed E-state index contributed by atoms with van der Waals surface area (Å²) >= 11 is 1.61. The monoisotopic (exact) mass is 341 g/mol. The van der Waals surface area contributed by atoms with Crippen LogP contribution in [0.1, 0.15) is 16.7 Å². The number of nitrogens with one attached hydrogen (secondary N) is 1. The molecule has 2 aromatic carbocycles. The highest BCUT2D eigenvalue weighted by atomic mass is 32.2. The van der Waals surface area contributed by atoms with Crippen molar-refractivity contribution in [1.29, 1.82) is 0 Å². The normalized spacial score (nSPS) is 10.2. The Bertz CT molecular complexity index is 692.